The first-order valence-electron chi connectivity index (χ1n) is 9.73. The van der Waals surface area contributed by atoms with Crippen LogP contribution in [0, 0.1) is 6.92 Å². The van der Waals surface area contributed by atoms with E-state index < -0.39 is 12.1 Å². The van der Waals surface area contributed by atoms with Gasteiger partial charge in [-0.2, -0.15) is 13.2 Å². The summed E-state index contributed by atoms with van der Waals surface area (Å²) in [6, 6.07) is 20.5. The van der Waals surface area contributed by atoms with Gasteiger partial charge in [0.25, 0.3) is 0 Å². The third-order valence-electron chi connectivity index (χ3n) is 5.02. The van der Waals surface area contributed by atoms with E-state index in [9.17, 15) is 18.0 Å². The molecule has 0 radical (unpaired) electrons. The lowest BCUT2D eigenvalue weighted by Gasteiger charge is -2.22. The van der Waals surface area contributed by atoms with Gasteiger partial charge in [-0.1, -0.05) is 42.5 Å². The maximum atomic E-state index is 12.9. The van der Waals surface area contributed by atoms with Crippen LogP contribution < -0.4 is 4.90 Å². The molecular weight excluding hydrogens is 405 g/mol. The third kappa shape index (κ3) is 4.03. The minimum Gasteiger partial charge on any atom is -0.436 e. The van der Waals surface area contributed by atoms with Crippen LogP contribution >= 0.6 is 0 Å². The minimum atomic E-state index is -4.95. The molecule has 3 aromatic carbocycles. The SMILES string of the molecule is CCN(C(=O)C(F)(F)F)c1cc(C)c2oc(-c3ccc(-c4ccccc4)cc3)nc2c1. The molecule has 158 valence electrons. The fourth-order valence-electron chi connectivity index (χ4n) is 3.49. The average molecular weight is 424 g/mol. The van der Waals surface area contributed by atoms with Crippen molar-refractivity contribution >= 4 is 22.7 Å². The van der Waals surface area contributed by atoms with E-state index >= 15 is 0 Å². The number of oxazole rings is 1. The predicted molar refractivity (Wildman–Crippen MR) is 114 cm³/mol. The minimum absolute atomic E-state index is 0.116. The number of carbonyl (C=O) groups excluding carboxylic acids is 1. The van der Waals surface area contributed by atoms with Gasteiger partial charge in [0, 0.05) is 17.8 Å². The van der Waals surface area contributed by atoms with Gasteiger partial charge >= 0.3 is 12.1 Å². The number of rotatable bonds is 4. The standard InChI is InChI=1S/C24H19F3N2O2/c1-3-29(23(30)24(25,26)27)19-13-15(2)21-20(14-19)28-22(31-21)18-11-9-17(10-12-18)16-7-5-4-6-8-16/h4-14H,3H2,1-2H3. The van der Waals surface area contributed by atoms with Crippen LogP contribution in [0.2, 0.25) is 0 Å². The number of anilines is 1. The first kappa shape index (κ1) is 20.7. The molecule has 0 spiro atoms. The van der Waals surface area contributed by atoms with Gasteiger partial charge in [-0.3, -0.25) is 4.79 Å². The maximum absolute atomic E-state index is 12.9. The first-order valence-corrected chi connectivity index (χ1v) is 9.73. The van der Waals surface area contributed by atoms with Crippen molar-refractivity contribution in [3.05, 3.63) is 72.3 Å². The molecule has 0 aliphatic rings. The summed E-state index contributed by atoms with van der Waals surface area (Å²) in [5, 5.41) is 0. The van der Waals surface area contributed by atoms with Crippen molar-refractivity contribution in [3.8, 4) is 22.6 Å². The number of fused-ring (bicyclic) bond motifs is 1. The van der Waals surface area contributed by atoms with Crippen molar-refractivity contribution in [3.63, 3.8) is 0 Å². The van der Waals surface area contributed by atoms with Gasteiger partial charge in [-0.05, 0) is 54.8 Å². The molecule has 1 aromatic heterocycles. The Morgan fingerprint density at radius 3 is 2.19 bits per heavy atom. The van der Waals surface area contributed by atoms with Gasteiger partial charge in [0.2, 0.25) is 5.89 Å². The lowest BCUT2D eigenvalue weighted by atomic mass is 10.0. The van der Waals surface area contributed by atoms with E-state index in [-0.39, 0.29) is 12.2 Å². The number of benzene rings is 3. The van der Waals surface area contributed by atoms with E-state index in [1.54, 1.807) is 6.92 Å². The molecule has 0 aliphatic heterocycles. The van der Waals surface area contributed by atoms with Crippen LogP contribution in [-0.4, -0.2) is 23.6 Å². The molecule has 0 saturated carbocycles. The molecule has 4 rings (SSSR count). The van der Waals surface area contributed by atoms with Crippen molar-refractivity contribution in [1.29, 1.82) is 0 Å². The van der Waals surface area contributed by atoms with Gasteiger partial charge in [-0.25, -0.2) is 4.98 Å². The highest BCUT2D eigenvalue weighted by atomic mass is 19.4. The molecule has 1 heterocycles. The maximum Gasteiger partial charge on any atom is 0.471 e. The summed E-state index contributed by atoms with van der Waals surface area (Å²) in [5.74, 6) is -1.55. The van der Waals surface area contributed by atoms with Gasteiger partial charge in [-0.15, -0.1) is 0 Å². The zero-order valence-corrected chi connectivity index (χ0v) is 16.9. The van der Waals surface area contributed by atoms with Crippen LogP contribution in [0.5, 0.6) is 0 Å². The summed E-state index contributed by atoms with van der Waals surface area (Å²) >= 11 is 0. The summed E-state index contributed by atoms with van der Waals surface area (Å²) < 4.78 is 44.7. The third-order valence-corrected chi connectivity index (χ3v) is 5.02. The number of alkyl halides is 3. The molecule has 0 saturated heterocycles. The summed E-state index contributed by atoms with van der Waals surface area (Å²) in [6.07, 6.45) is -4.95. The molecule has 4 aromatic rings. The van der Waals surface area contributed by atoms with E-state index in [1.165, 1.54) is 19.1 Å². The average Bonchev–Trinajstić information content (AvgIpc) is 3.19. The zero-order chi connectivity index (χ0) is 22.2. The van der Waals surface area contributed by atoms with Gasteiger partial charge in [0.1, 0.15) is 5.52 Å². The van der Waals surface area contributed by atoms with Crippen LogP contribution in [0.25, 0.3) is 33.7 Å². The number of carbonyl (C=O) groups is 1. The van der Waals surface area contributed by atoms with E-state index in [4.69, 9.17) is 4.42 Å². The molecule has 1 amide bonds. The zero-order valence-electron chi connectivity index (χ0n) is 16.9. The Kier molecular flexibility index (Phi) is 5.27. The Hall–Kier alpha value is -3.61. The van der Waals surface area contributed by atoms with E-state index in [2.05, 4.69) is 4.98 Å². The van der Waals surface area contributed by atoms with E-state index in [0.29, 0.717) is 27.5 Å². The molecule has 0 aliphatic carbocycles. The molecule has 31 heavy (non-hydrogen) atoms. The quantitative estimate of drug-likeness (QED) is 0.382. The second-order valence-electron chi connectivity index (χ2n) is 7.12. The molecular formula is C24H19F3N2O2. The lowest BCUT2D eigenvalue weighted by molar-refractivity contribution is -0.170. The molecule has 0 unspecified atom stereocenters. The predicted octanol–water partition coefficient (Wildman–Crippen LogP) is 6.39. The van der Waals surface area contributed by atoms with E-state index in [1.807, 2.05) is 54.6 Å². The Labute approximate surface area is 176 Å². The normalized spacial score (nSPS) is 11.6. The lowest BCUT2D eigenvalue weighted by Crippen LogP contribution is -2.41. The Bertz CT molecular complexity index is 1230. The molecule has 4 nitrogen and oxygen atoms in total. The fraction of sp³-hybridized carbons (Fsp3) is 0.167. The second-order valence-corrected chi connectivity index (χ2v) is 7.12. The first-order chi connectivity index (χ1) is 14.8. The summed E-state index contributed by atoms with van der Waals surface area (Å²) in [4.78, 5) is 16.9. The molecule has 7 heteroatoms. The smallest absolute Gasteiger partial charge is 0.436 e. The van der Waals surface area contributed by atoms with Crippen LogP contribution in [0.15, 0.2) is 71.1 Å². The number of hydrogen-bond acceptors (Lipinski definition) is 3. The molecule has 0 bridgehead atoms. The van der Waals surface area contributed by atoms with Crippen molar-refractivity contribution in [2.45, 2.75) is 20.0 Å². The number of halogens is 3. The van der Waals surface area contributed by atoms with Crippen LogP contribution in [0.4, 0.5) is 18.9 Å². The second kappa shape index (κ2) is 7.91. The number of aromatic nitrogens is 1. The molecule has 0 N–H and O–H groups in total. The van der Waals surface area contributed by atoms with Gasteiger partial charge in [0.15, 0.2) is 5.58 Å². The monoisotopic (exact) mass is 424 g/mol. The van der Waals surface area contributed by atoms with Crippen molar-refractivity contribution in [2.24, 2.45) is 0 Å². The van der Waals surface area contributed by atoms with Crippen molar-refractivity contribution < 1.29 is 22.4 Å². The van der Waals surface area contributed by atoms with Gasteiger partial charge < -0.3 is 9.32 Å². The summed E-state index contributed by atoms with van der Waals surface area (Å²) in [5.41, 5.74) is 4.47. The number of amides is 1. The fourth-order valence-corrected chi connectivity index (χ4v) is 3.49. The van der Waals surface area contributed by atoms with Crippen LogP contribution in [-0.2, 0) is 4.79 Å². The van der Waals surface area contributed by atoms with Crippen molar-refractivity contribution in [2.75, 3.05) is 11.4 Å². The number of hydrogen-bond donors (Lipinski definition) is 0. The molecule has 0 fully saturated rings. The Balaban J connectivity index is 1.70. The summed E-state index contributed by atoms with van der Waals surface area (Å²) in [6.45, 7) is 3.09. The topological polar surface area (TPSA) is 46.3 Å². The Morgan fingerprint density at radius 2 is 1.58 bits per heavy atom. The highest BCUT2D eigenvalue weighted by Gasteiger charge is 2.42. The van der Waals surface area contributed by atoms with Crippen LogP contribution in [0.3, 0.4) is 0 Å². The molecule has 0 atom stereocenters. The van der Waals surface area contributed by atoms with Crippen molar-refractivity contribution in [1.82, 2.24) is 4.98 Å². The summed E-state index contributed by atoms with van der Waals surface area (Å²) in [7, 11) is 0. The van der Waals surface area contributed by atoms with Gasteiger partial charge in [0.05, 0.1) is 0 Å². The highest BCUT2D eigenvalue weighted by molar-refractivity contribution is 5.99. The Morgan fingerprint density at radius 1 is 0.968 bits per heavy atom. The number of nitrogens with zero attached hydrogens (tertiary/aromatic N) is 2. The number of aryl methyl sites for hydroxylation is 1. The van der Waals surface area contributed by atoms with Crippen LogP contribution in [0.1, 0.15) is 12.5 Å². The largest absolute Gasteiger partial charge is 0.471 e. The highest BCUT2D eigenvalue weighted by Crippen LogP contribution is 2.32. The van der Waals surface area contributed by atoms with E-state index in [0.717, 1.165) is 16.7 Å².